The molecule has 1 aromatic heterocycles. The molecule has 0 radical (unpaired) electrons. The first kappa shape index (κ1) is 19.2. The van der Waals surface area contributed by atoms with Gasteiger partial charge in [0.25, 0.3) is 11.8 Å². The lowest BCUT2D eigenvalue weighted by atomic mass is 9.98. The minimum absolute atomic E-state index is 0.307. The highest BCUT2D eigenvalue weighted by atomic mass is 16.9. The summed E-state index contributed by atoms with van der Waals surface area (Å²) in [5.41, 5.74) is 5.02. The second kappa shape index (κ2) is 6.75. The second-order valence-electron chi connectivity index (χ2n) is 7.78. The first-order chi connectivity index (χ1) is 13.2. The molecule has 0 spiro atoms. The van der Waals surface area contributed by atoms with Crippen LogP contribution in [0.1, 0.15) is 38.1 Å². The van der Waals surface area contributed by atoms with E-state index >= 15 is 0 Å². The number of hydrogen-bond donors (Lipinski definition) is 2. The van der Waals surface area contributed by atoms with Gasteiger partial charge in [-0.3, -0.25) is 25.4 Å². The highest BCUT2D eigenvalue weighted by Gasteiger charge is 2.62. The van der Waals surface area contributed by atoms with Gasteiger partial charge in [-0.1, -0.05) is 0 Å². The van der Waals surface area contributed by atoms with Crippen LogP contribution in [0.5, 0.6) is 0 Å². The lowest BCUT2D eigenvalue weighted by Crippen LogP contribution is -2.61. The highest BCUT2D eigenvalue weighted by molar-refractivity contribution is 5.95. The normalized spacial score (nSPS) is 34.9. The van der Waals surface area contributed by atoms with Crippen molar-refractivity contribution in [3.8, 4) is 0 Å². The number of fused-ring (bicyclic) bond motifs is 3. The SMILES string of the molecule is CC1(C)OC2OC(C(=O)NNC(=O)c3cccnc3)C3OC(C)(C)OC3C2O1. The quantitative estimate of drug-likeness (QED) is 0.686. The first-order valence-electron chi connectivity index (χ1n) is 9.02. The molecule has 0 aromatic carbocycles. The zero-order chi connectivity index (χ0) is 20.1. The summed E-state index contributed by atoms with van der Waals surface area (Å²) >= 11 is 0. The van der Waals surface area contributed by atoms with Crippen molar-refractivity contribution in [2.75, 3.05) is 0 Å². The van der Waals surface area contributed by atoms with Gasteiger partial charge in [-0.05, 0) is 39.8 Å². The van der Waals surface area contributed by atoms with Gasteiger partial charge in [0.2, 0.25) is 0 Å². The van der Waals surface area contributed by atoms with E-state index in [1.54, 1.807) is 46.0 Å². The third kappa shape index (κ3) is 3.61. The minimum atomic E-state index is -1.06. The Morgan fingerprint density at radius 2 is 1.64 bits per heavy atom. The molecule has 3 aliphatic rings. The predicted molar refractivity (Wildman–Crippen MR) is 92.4 cm³/mol. The Morgan fingerprint density at radius 3 is 2.36 bits per heavy atom. The van der Waals surface area contributed by atoms with Crippen LogP contribution in [0.25, 0.3) is 0 Å². The van der Waals surface area contributed by atoms with E-state index in [4.69, 9.17) is 23.7 Å². The summed E-state index contributed by atoms with van der Waals surface area (Å²) in [5.74, 6) is -2.88. The maximum Gasteiger partial charge on any atom is 0.271 e. The number of nitrogens with zero attached hydrogens (tertiary/aromatic N) is 1. The molecule has 10 heteroatoms. The predicted octanol–water partition coefficient (Wildman–Crippen LogP) is 0.239. The van der Waals surface area contributed by atoms with Crippen LogP contribution in [0, 0.1) is 0 Å². The molecule has 152 valence electrons. The van der Waals surface area contributed by atoms with Crippen LogP contribution in [0.4, 0.5) is 0 Å². The molecule has 0 bridgehead atoms. The third-order valence-electron chi connectivity index (χ3n) is 4.64. The molecule has 3 fully saturated rings. The van der Waals surface area contributed by atoms with Crippen LogP contribution in [-0.2, 0) is 28.5 Å². The number of amides is 2. The average Bonchev–Trinajstić information content (AvgIpc) is 3.13. The van der Waals surface area contributed by atoms with Crippen LogP contribution < -0.4 is 10.9 Å². The monoisotopic (exact) mass is 393 g/mol. The van der Waals surface area contributed by atoms with Crippen molar-refractivity contribution >= 4 is 11.8 Å². The lowest BCUT2D eigenvalue weighted by Gasteiger charge is -2.36. The Kier molecular flexibility index (Phi) is 4.63. The zero-order valence-corrected chi connectivity index (χ0v) is 16.0. The van der Waals surface area contributed by atoms with Crippen molar-refractivity contribution < 1.29 is 33.3 Å². The maximum atomic E-state index is 12.7. The van der Waals surface area contributed by atoms with Crippen LogP contribution in [-0.4, -0.2) is 59.1 Å². The van der Waals surface area contributed by atoms with Gasteiger partial charge in [0.15, 0.2) is 24.0 Å². The van der Waals surface area contributed by atoms with Gasteiger partial charge in [0.1, 0.15) is 18.3 Å². The number of carbonyl (C=O) groups is 2. The minimum Gasteiger partial charge on any atom is -0.342 e. The number of hydrazine groups is 1. The van der Waals surface area contributed by atoms with Gasteiger partial charge >= 0.3 is 0 Å². The molecule has 2 amide bonds. The van der Waals surface area contributed by atoms with E-state index in [2.05, 4.69) is 15.8 Å². The van der Waals surface area contributed by atoms with Crippen molar-refractivity contribution in [2.24, 2.45) is 0 Å². The topological polar surface area (TPSA) is 117 Å². The van der Waals surface area contributed by atoms with Gasteiger partial charge in [-0.25, -0.2) is 0 Å². The van der Waals surface area contributed by atoms with Crippen molar-refractivity contribution in [3.63, 3.8) is 0 Å². The zero-order valence-electron chi connectivity index (χ0n) is 16.0. The summed E-state index contributed by atoms with van der Waals surface area (Å²) < 4.78 is 29.3. The molecule has 3 aliphatic heterocycles. The Balaban J connectivity index is 1.47. The van der Waals surface area contributed by atoms with E-state index in [1.807, 2.05) is 0 Å². The lowest BCUT2D eigenvalue weighted by molar-refractivity contribution is -0.231. The molecule has 0 saturated carbocycles. The van der Waals surface area contributed by atoms with Gasteiger partial charge in [-0.2, -0.15) is 0 Å². The van der Waals surface area contributed by atoms with Crippen molar-refractivity contribution in [1.82, 2.24) is 15.8 Å². The summed E-state index contributed by atoms with van der Waals surface area (Å²) in [5, 5.41) is 0. The molecule has 3 saturated heterocycles. The fourth-order valence-corrected chi connectivity index (χ4v) is 3.58. The van der Waals surface area contributed by atoms with E-state index in [9.17, 15) is 9.59 Å². The van der Waals surface area contributed by atoms with Gasteiger partial charge in [0.05, 0.1) is 5.56 Å². The highest BCUT2D eigenvalue weighted by Crippen LogP contribution is 2.44. The molecule has 5 unspecified atom stereocenters. The molecule has 28 heavy (non-hydrogen) atoms. The standard InChI is InChI=1S/C18H23N3O7/c1-17(2)25-10-11(26-17)13-16(28-18(3,4)27-13)24-12(10)15(23)21-20-14(22)9-6-5-7-19-8-9/h5-8,10-13,16H,1-4H3,(H,20,22)(H,21,23). The van der Waals surface area contributed by atoms with Crippen molar-refractivity contribution in [3.05, 3.63) is 30.1 Å². The summed E-state index contributed by atoms with van der Waals surface area (Å²) in [7, 11) is 0. The number of rotatable bonds is 2. The van der Waals surface area contributed by atoms with Gasteiger partial charge in [0, 0.05) is 12.4 Å². The van der Waals surface area contributed by atoms with Crippen molar-refractivity contribution in [2.45, 2.75) is 70.0 Å². The second-order valence-corrected chi connectivity index (χ2v) is 7.78. The van der Waals surface area contributed by atoms with Gasteiger partial charge < -0.3 is 23.7 Å². The van der Waals surface area contributed by atoms with Crippen LogP contribution in [0.15, 0.2) is 24.5 Å². The van der Waals surface area contributed by atoms with Crippen molar-refractivity contribution in [1.29, 1.82) is 0 Å². The number of carbonyl (C=O) groups excluding carboxylic acids is 2. The Morgan fingerprint density at radius 1 is 0.964 bits per heavy atom. The molecule has 4 rings (SSSR count). The van der Waals surface area contributed by atoms with E-state index in [-0.39, 0.29) is 0 Å². The Bertz CT molecular complexity index is 770. The molecular formula is C18H23N3O7. The van der Waals surface area contributed by atoms with E-state index < -0.39 is 54.1 Å². The van der Waals surface area contributed by atoms with E-state index in [0.29, 0.717) is 5.56 Å². The molecule has 5 atom stereocenters. The summed E-state index contributed by atoms with van der Waals surface area (Å²) in [6.45, 7) is 7.02. The van der Waals surface area contributed by atoms with Crippen LogP contribution in [0.2, 0.25) is 0 Å². The average molecular weight is 393 g/mol. The third-order valence-corrected chi connectivity index (χ3v) is 4.64. The molecule has 1 aromatic rings. The molecule has 0 aliphatic carbocycles. The summed E-state index contributed by atoms with van der Waals surface area (Å²) in [6.07, 6.45) is -0.716. The van der Waals surface area contributed by atoms with Crippen LogP contribution >= 0.6 is 0 Å². The molecule has 4 heterocycles. The number of hydrogen-bond acceptors (Lipinski definition) is 8. The van der Waals surface area contributed by atoms with E-state index in [0.717, 1.165) is 0 Å². The maximum absolute atomic E-state index is 12.7. The summed E-state index contributed by atoms with van der Waals surface area (Å²) in [4.78, 5) is 28.7. The van der Waals surface area contributed by atoms with Crippen LogP contribution in [0.3, 0.4) is 0 Å². The fourth-order valence-electron chi connectivity index (χ4n) is 3.58. The number of ether oxygens (including phenoxy) is 5. The van der Waals surface area contributed by atoms with Gasteiger partial charge in [-0.15, -0.1) is 0 Å². The smallest absolute Gasteiger partial charge is 0.271 e. The molecular weight excluding hydrogens is 370 g/mol. The molecule has 10 nitrogen and oxygen atoms in total. The molecule has 2 N–H and O–H groups in total. The number of nitrogens with one attached hydrogen (secondary N) is 2. The number of aromatic nitrogens is 1. The Hall–Kier alpha value is -2.11. The largest absolute Gasteiger partial charge is 0.342 e. The summed E-state index contributed by atoms with van der Waals surface area (Å²) in [6, 6.07) is 3.20. The first-order valence-corrected chi connectivity index (χ1v) is 9.02. The van der Waals surface area contributed by atoms with E-state index in [1.165, 1.54) is 6.20 Å². The fraction of sp³-hybridized carbons (Fsp3) is 0.611. The number of pyridine rings is 1. The Labute approximate surface area is 161 Å².